The maximum absolute atomic E-state index is 13.8. The highest BCUT2D eigenvalue weighted by Crippen LogP contribution is 2.38. The molecule has 0 atom stereocenters. The first-order chi connectivity index (χ1) is 11.5. The van der Waals surface area contributed by atoms with Gasteiger partial charge in [0.1, 0.15) is 0 Å². The molecule has 0 heterocycles. The molecule has 0 amide bonds. The predicted molar refractivity (Wildman–Crippen MR) is 81.3 cm³/mol. The highest BCUT2D eigenvalue weighted by atomic mass is 19.3. The van der Waals surface area contributed by atoms with Crippen LogP contribution in [0, 0.1) is 17.6 Å². The molecule has 0 aliphatic heterocycles. The second-order valence-corrected chi connectivity index (χ2v) is 5.94. The Labute approximate surface area is 142 Å². The van der Waals surface area contributed by atoms with Crippen LogP contribution < -0.4 is 9.47 Å². The molecule has 142 valence electrons. The van der Waals surface area contributed by atoms with E-state index in [9.17, 15) is 26.3 Å². The molecule has 1 rings (SSSR count). The van der Waals surface area contributed by atoms with Crippen molar-refractivity contribution in [1.29, 1.82) is 0 Å². The molecule has 0 aromatic heterocycles. The Bertz CT molecular complexity index is 594. The fourth-order valence-corrected chi connectivity index (χ4v) is 1.66. The van der Waals surface area contributed by atoms with E-state index in [0.717, 1.165) is 12.5 Å². The highest BCUT2D eigenvalue weighted by Gasteiger charge is 2.56. The molecule has 0 bridgehead atoms. The van der Waals surface area contributed by atoms with Gasteiger partial charge in [0.15, 0.2) is 11.5 Å². The second-order valence-electron chi connectivity index (χ2n) is 5.94. The van der Waals surface area contributed by atoms with Gasteiger partial charge in [-0.1, -0.05) is 26.0 Å². The van der Waals surface area contributed by atoms with Crippen LogP contribution in [0.1, 0.15) is 33.6 Å². The van der Waals surface area contributed by atoms with Crippen molar-refractivity contribution in [2.45, 2.75) is 45.6 Å². The minimum atomic E-state index is -4.98. The summed E-state index contributed by atoms with van der Waals surface area (Å²) in [6, 6.07) is 1.46. The summed E-state index contributed by atoms with van der Waals surface area (Å²) in [5, 5.41) is 0. The zero-order chi connectivity index (χ0) is 19.3. The molecule has 8 heteroatoms. The van der Waals surface area contributed by atoms with Crippen molar-refractivity contribution in [3.8, 4) is 11.5 Å². The highest BCUT2D eigenvalue weighted by molar-refractivity contribution is 5.35. The van der Waals surface area contributed by atoms with Crippen LogP contribution in [-0.4, -0.2) is 18.6 Å². The fraction of sp³-hybridized carbons (Fsp3) is 0.529. The SMILES string of the molecule is CC(C)C/C=C\CCOc1ccc(OC(F)(F)C(C)(F)F)c(F)c1F. The minimum Gasteiger partial charge on any atom is -0.490 e. The van der Waals surface area contributed by atoms with Crippen LogP contribution >= 0.6 is 0 Å². The average Bonchev–Trinajstić information content (AvgIpc) is 2.48. The van der Waals surface area contributed by atoms with Gasteiger partial charge in [0, 0.05) is 6.92 Å². The number of halogens is 6. The van der Waals surface area contributed by atoms with E-state index in [-0.39, 0.29) is 13.5 Å². The lowest BCUT2D eigenvalue weighted by Gasteiger charge is -2.23. The molecule has 1 aromatic rings. The zero-order valence-corrected chi connectivity index (χ0v) is 14.1. The lowest BCUT2D eigenvalue weighted by atomic mass is 10.1. The number of alkyl halides is 4. The molecule has 0 saturated carbocycles. The summed E-state index contributed by atoms with van der Waals surface area (Å²) in [6.07, 6.45) is 0.0614. The standard InChI is InChI=1S/C17H20F6O2/c1-11(2)7-5-4-6-10-24-12-8-9-13(15(19)14(12)18)25-17(22,23)16(3,20)21/h4-5,8-9,11H,6-7,10H2,1-3H3/b5-4-. The first kappa shape index (κ1) is 21.2. The molecule has 1 aromatic carbocycles. The average molecular weight is 370 g/mol. The summed E-state index contributed by atoms with van der Waals surface area (Å²) in [5.41, 5.74) is 0. The topological polar surface area (TPSA) is 18.5 Å². The van der Waals surface area contributed by atoms with E-state index in [0.29, 0.717) is 18.4 Å². The van der Waals surface area contributed by atoms with Crippen molar-refractivity contribution < 1.29 is 35.8 Å². The molecule has 0 unspecified atom stereocenters. The smallest absolute Gasteiger partial charge is 0.464 e. The van der Waals surface area contributed by atoms with Crippen LogP contribution in [0.4, 0.5) is 26.3 Å². The van der Waals surface area contributed by atoms with Gasteiger partial charge in [0.25, 0.3) is 0 Å². The first-order valence-corrected chi connectivity index (χ1v) is 7.66. The summed E-state index contributed by atoms with van der Waals surface area (Å²) in [7, 11) is 0. The molecular formula is C17H20F6O2. The molecule has 0 spiro atoms. The molecule has 0 fully saturated rings. The van der Waals surface area contributed by atoms with E-state index in [1.165, 1.54) is 0 Å². The van der Waals surface area contributed by atoms with Gasteiger partial charge in [0.05, 0.1) is 6.61 Å². The molecule has 25 heavy (non-hydrogen) atoms. The summed E-state index contributed by atoms with van der Waals surface area (Å²) in [6.45, 7) is 4.03. The summed E-state index contributed by atoms with van der Waals surface area (Å²) in [4.78, 5) is 0. The third-order valence-corrected chi connectivity index (χ3v) is 3.08. The monoisotopic (exact) mass is 370 g/mol. The van der Waals surface area contributed by atoms with Crippen molar-refractivity contribution in [2.24, 2.45) is 5.92 Å². The normalized spacial score (nSPS) is 12.9. The summed E-state index contributed by atoms with van der Waals surface area (Å²) >= 11 is 0. The minimum absolute atomic E-state index is 0.0361. The quantitative estimate of drug-likeness (QED) is 0.303. The first-order valence-electron chi connectivity index (χ1n) is 7.66. The van der Waals surface area contributed by atoms with Gasteiger partial charge in [-0.25, -0.2) is 0 Å². The fourth-order valence-electron chi connectivity index (χ4n) is 1.66. The van der Waals surface area contributed by atoms with Crippen LogP contribution in [0.3, 0.4) is 0 Å². The zero-order valence-electron chi connectivity index (χ0n) is 14.1. The number of rotatable bonds is 9. The number of hydrogen-bond donors (Lipinski definition) is 0. The van der Waals surface area contributed by atoms with E-state index in [2.05, 4.69) is 4.74 Å². The van der Waals surface area contributed by atoms with Gasteiger partial charge in [-0.3, -0.25) is 0 Å². The van der Waals surface area contributed by atoms with E-state index in [4.69, 9.17) is 4.74 Å². The third kappa shape index (κ3) is 6.17. The van der Waals surface area contributed by atoms with E-state index in [1.807, 2.05) is 26.0 Å². The van der Waals surface area contributed by atoms with Gasteiger partial charge in [0.2, 0.25) is 11.6 Å². The lowest BCUT2D eigenvalue weighted by molar-refractivity contribution is -0.302. The van der Waals surface area contributed by atoms with Crippen LogP contribution in [0.5, 0.6) is 11.5 Å². The van der Waals surface area contributed by atoms with Gasteiger partial charge >= 0.3 is 12.0 Å². The third-order valence-electron chi connectivity index (χ3n) is 3.08. The number of ether oxygens (including phenoxy) is 2. The Morgan fingerprint density at radius 1 is 1.00 bits per heavy atom. The van der Waals surface area contributed by atoms with Crippen molar-refractivity contribution in [2.75, 3.05) is 6.61 Å². The summed E-state index contributed by atoms with van der Waals surface area (Å²) in [5.74, 6) is -9.32. The number of allylic oxidation sites excluding steroid dienone is 1. The number of benzene rings is 1. The Morgan fingerprint density at radius 2 is 1.56 bits per heavy atom. The van der Waals surface area contributed by atoms with Crippen LogP contribution in [0.15, 0.2) is 24.3 Å². The van der Waals surface area contributed by atoms with Crippen molar-refractivity contribution >= 4 is 0 Å². The van der Waals surface area contributed by atoms with E-state index < -0.39 is 35.2 Å². The molecule has 2 nitrogen and oxygen atoms in total. The molecule has 0 radical (unpaired) electrons. The predicted octanol–water partition coefficient (Wildman–Crippen LogP) is 5.96. The van der Waals surface area contributed by atoms with Crippen molar-refractivity contribution in [1.82, 2.24) is 0 Å². The van der Waals surface area contributed by atoms with Crippen LogP contribution in [0.25, 0.3) is 0 Å². The molecule has 0 aliphatic rings. The Balaban J connectivity index is 2.72. The molecule has 0 N–H and O–H groups in total. The van der Waals surface area contributed by atoms with Gasteiger partial charge in [-0.15, -0.1) is 0 Å². The van der Waals surface area contributed by atoms with Gasteiger partial charge < -0.3 is 9.47 Å². The Hall–Kier alpha value is -1.86. The van der Waals surface area contributed by atoms with E-state index in [1.54, 1.807) is 0 Å². The molecule has 0 aliphatic carbocycles. The van der Waals surface area contributed by atoms with Gasteiger partial charge in [-0.2, -0.15) is 26.3 Å². The van der Waals surface area contributed by atoms with Crippen LogP contribution in [0.2, 0.25) is 0 Å². The summed E-state index contributed by atoms with van der Waals surface area (Å²) < 4.78 is 87.8. The van der Waals surface area contributed by atoms with E-state index >= 15 is 0 Å². The maximum Gasteiger partial charge on any atom is 0.464 e. The lowest BCUT2D eigenvalue weighted by Crippen LogP contribution is -2.43. The van der Waals surface area contributed by atoms with Crippen LogP contribution in [-0.2, 0) is 0 Å². The Kier molecular flexibility index (Phi) is 7.19. The Morgan fingerprint density at radius 3 is 2.12 bits per heavy atom. The largest absolute Gasteiger partial charge is 0.490 e. The van der Waals surface area contributed by atoms with Gasteiger partial charge in [-0.05, 0) is 30.9 Å². The van der Waals surface area contributed by atoms with Crippen molar-refractivity contribution in [3.05, 3.63) is 35.9 Å². The molecule has 0 saturated heterocycles. The second kappa shape index (κ2) is 8.49. The maximum atomic E-state index is 13.8. The van der Waals surface area contributed by atoms with Crippen molar-refractivity contribution in [3.63, 3.8) is 0 Å². The number of hydrogen-bond acceptors (Lipinski definition) is 2. The molecular weight excluding hydrogens is 350 g/mol.